The fraction of sp³-hybridized carbons (Fsp3) is 0.300. The first-order chi connectivity index (χ1) is 21.3. The smallest absolute Gasteiger partial charge is 0.0705 e. The minimum absolute atomic E-state index is 0. The Labute approximate surface area is 299 Å². The highest BCUT2D eigenvalue weighted by atomic mass is 35.5. The number of rotatable bonds is 8. The lowest BCUT2D eigenvalue weighted by atomic mass is 9.97. The molecule has 3 aromatic carbocycles. The Bertz CT molecular complexity index is 1720. The van der Waals surface area contributed by atoms with Gasteiger partial charge in [0, 0.05) is 61.4 Å². The maximum absolute atomic E-state index is 4.78. The van der Waals surface area contributed by atoms with Gasteiger partial charge in [-0.15, -0.1) is 37.2 Å². The molecule has 5 aromatic rings. The van der Waals surface area contributed by atoms with Crippen LogP contribution in [-0.2, 0) is 13.1 Å². The van der Waals surface area contributed by atoms with Crippen LogP contribution < -0.4 is 4.90 Å². The summed E-state index contributed by atoms with van der Waals surface area (Å²) in [5.41, 5.74) is 15.0. The normalized spacial score (nSPS) is 13.2. The first kappa shape index (κ1) is 38.0. The Morgan fingerprint density at radius 1 is 0.638 bits per heavy atom. The summed E-state index contributed by atoms with van der Waals surface area (Å²) in [4.78, 5) is 14.7. The zero-order chi connectivity index (χ0) is 30.6. The standard InChI is InChI=1S/C40H44N4.3ClH/c1-28-9-11-37(12-10-28)44(27-34-14-18-42-40(25-34)36-22-30(3)32(5)31(4)23-36)38-15-19-43(20-16-38)26-33-13-17-41-39(24-33)35-8-6-7-29(2)21-35;;;/h6-14,17-18,21-25,38H,15-16,19-20,26-27H2,1-5H3;3*1H. The van der Waals surface area contributed by atoms with E-state index in [-0.39, 0.29) is 37.2 Å². The van der Waals surface area contributed by atoms with Gasteiger partial charge in [0.1, 0.15) is 0 Å². The van der Waals surface area contributed by atoms with E-state index in [0.717, 1.165) is 50.4 Å². The molecule has 0 N–H and O–H groups in total. The van der Waals surface area contributed by atoms with Crippen molar-refractivity contribution in [2.24, 2.45) is 0 Å². The number of anilines is 1. The summed E-state index contributed by atoms with van der Waals surface area (Å²) in [7, 11) is 0. The third kappa shape index (κ3) is 9.36. The molecule has 0 amide bonds. The van der Waals surface area contributed by atoms with Gasteiger partial charge in [0.2, 0.25) is 0 Å². The Morgan fingerprint density at radius 3 is 1.87 bits per heavy atom. The summed E-state index contributed by atoms with van der Waals surface area (Å²) in [5, 5.41) is 0. The molecule has 7 heteroatoms. The summed E-state index contributed by atoms with van der Waals surface area (Å²) in [5.74, 6) is 0. The summed E-state index contributed by atoms with van der Waals surface area (Å²) < 4.78 is 0. The van der Waals surface area contributed by atoms with Gasteiger partial charge >= 0.3 is 0 Å². The molecular formula is C40H47Cl3N4. The van der Waals surface area contributed by atoms with Crippen LogP contribution in [0.15, 0.2) is 97.3 Å². The SMILES string of the molecule is Cc1ccc(N(Cc2ccnc(-c3cc(C)c(C)c(C)c3)c2)C2CCN(Cc3ccnc(-c4cccc(C)c4)c3)CC2)cc1.Cl.Cl.Cl. The largest absolute Gasteiger partial charge is 0.364 e. The van der Waals surface area contributed by atoms with E-state index in [2.05, 4.69) is 134 Å². The van der Waals surface area contributed by atoms with Crippen LogP contribution >= 0.6 is 37.2 Å². The number of benzene rings is 3. The van der Waals surface area contributed by atoms with E-state index in [4.69, 9.17) is 4.98 Å². The molecule has 0 aliphatic carbocycles. The molecule has 248 valence electrons. The zero-order valence-electron chi connectivity index (χ0n) is 28.1. The van der Waals surface area contributed by atoms with Crippen LogP contribution in [0.2, 0.25) is 0 Å². The van der Waals surface area contributed by atoms with Gasteiger partial charge < -0.3 is 4.90 Å². The Kier molecular flexibility index (Phi) is 13.9. The van der Waals surface area contributed by atoms with Gasteiger partial charge in [-0.3, -0.25) is 14.9 Å². The molecule has 1 saturated heterocycles. The molecule has 0 radical (unpaired) electrons. The molecule has 2 aromatic heterocycles. The summed E-state index contributed by atoms with van der Waals surface area (Å²) in [6, 6.07) is 31.6. The van der Waals surface area contributed by atoms with Gasteiger partial charge in [-0.1, -0.05) is 41.5 Å². The predicted octanol–water partition coefficient (Wildman–Crippen LogP) is 10.3. The van der Waals surface area contributed by atoms with Crippen molar-refractivity contribution >= 4 is 42.9 Å². The van der Waals surface area contributed by atoms with E-state index in [1.54, 1.807) is 0 Å². The third-order valence-corrected chi connectivity index (χ3v) is 9.31. The molecule has 47 heavy (non-hydrogen) atoms. The van der Waals surface area contributed by atoms with Crippen LogP contribution in [0.4, 0.5) is 5.69 Å². The van der Waals surface area contributed by atoms with Crippen molar-refractivity contribution in [3.8, 4) is 22.5 Å². The maximum Gasteiger partial charge on any atom is 0.0705 e. The number of halogens is 3. The summed E-state index contributed by atoms with van der Waals surface area (Å²) in [6.45, 7) is 14.9. The van der Waals surface area contributed by atoms with Crippen LogP contribution in [-0.4, -0.2) is 34.0 Å². The van der Waals surface area contributed by atoms with Crippen molar-refractivity contribution in [3.63, 3.8) is 0 Å². The molecule has 0 unspecified atom stereocenters. The number of nitrogens with zero attached hydrogens (tertiary/aromatic N) is 4. The van der Waals surface area contributed by atoms with Crippen molar-refractivity contribution in [1.29, 1.82) is 0 Å². The number of pyridine rings is 2. The maximum atomic E-state index is 4.78. The molecule has 1 aliphatic heterocycles. The lowest BCUT2D eigenvalue weighted by Gasteiger charge is -2.40. The van der Waals surface area contributed by atoms with Gasteiger partial charge in [0.05, 0.1) is 11.4 Å². The number of aromatic nitrogens is 2. The van der Waals surface area contributed by atoms with Crippen LogP contribution in [0.3, 0.4) is 0 Å². The van der Waals surface area contributed by atoms with E-state index >= 15 is 0 Å². The zero-order valence-corrected chi connectivity index (χ0v) is 30.5. The van der Waals surface area contributed by atoms with E-state index in [0.29, 0.717) is 6.04 Å². The van der Waals surface area contributed by atoms with E-state index in [1.165, 1.54) is 55.8 Å². The lowest BCUT2D eigenvalue weighted by molar-refractivity contribution is 0.201. The summed E-state index contributed by atoms with van der Waals surface area (Å²) >= 11 is 0. The minimum atomic E-state index is 0. The first-order valence-electron chi connectivity index (χ1n) is 15.9. The third-order valence-electron chi connectivity index (χ3n) is 9.31. The van der Waals surface area contributed by atoms with Gasteiger partial charge in [-0.05, 0) is 130 Å². The number of hydrogen-bond acceptors (Lipinski definition) is 4. The minimum Gasteiger partial charge on any atom is -0.364 e. The Balaban J connectivity index is 0.00000200. The van der Waals surface area contributed by atoms with Crippen molar-refractivity contribution in [1.82, 2.24) is 14.9 Å². The van der Waals surface area contributed by atoms with Gasteiger partial charge in [-0.2, -0.15) is 0 Å². The fourth-order valence-corrected chi connectivity index (χ4v) is 6.46. The van der Waals surface area contributed by atoms with Crippen LogP contribution in [0, 0.1) is 34.6 Å². The molecule has 0 saturated carbocycles. The van der Waals surface area contributed by atoms with Crippen molar-refractivity contribution in [2.75, 3.05) is 18.0 Å². The average molecular weight is 690 g/mol. The van der Waals surface area contributed by atoms with Crippen LogP contribution in [0.1, 0.15) is 51.8 Å². The fourth-order valence-electron chi connectivity index (χ4n) is 6.46. The number of piperidine rings is 1. The summed E-state index contributed by atoms with van der Waals surface area (Å²) in [6.07, 6.45) is 6.21. The molecule has 0 bridgehead atoms. The molecule has 0 atom stereocenters. The first-order valence-corrected chi connectivity index (χ1v) is 15.9. The molecular weight excluding hydrogens is 643 g/mol. The van der Waals surface area contributed by atoms with E-state index < -0.39 is 0 Å². The van der Waals surface area contributed by atoms with Crippen molar-refractivity contribution < 1.29 is 0 Å². The average Bonchev–Trinajstić information content (AvgIpc) is 3.03. The molecule has 1 aliphatic rings. The Morgan fingerprint density at radius 2 is 1.23 bits per heavy atom. The molecule has 4 nitrogen and oxygen atoms in total. The second kappa shape index (κ2) is 17.1. The van der Waals surface area contributed by atoms with E-state index in [1.807, 2.05) is 12.4 Å². The van der Waals surface area contributed by atoms with E-state index in [9.17, 15) is 0 Å². The molecule has 6 rings (SSSR count). The number of likely N-dealkylation sites (tertiary alicyclic amines) is 1. The highest BCUT2D eigenvalue weighted by molar-refractivity contribution is 5.86. The second-order valence-electron chi connectivity index (χ2n) is 12.7. The van der Waals surface area contributed by atoms with Crippen molar-refractivity contribution in [2.45, 2.75) is 66.6 Å². The van der Waals surface area contributed by atoms with Gasteiger partial charge in [-0.25, -0.2) is 0 Å². The monoisotopic (exact) mass is 688 g/mol. The van der Waals surface area contributed by atoms with Crippen molar-refractivity contribution in [3.05, 3.63) is 136 Å². The van der Waals surface area contributed by atoms with Crippen LogP contribution in [0.25, 0.3) is 22.5 Å². The number of hydrogen-bond donors (Lipinski definition) is 0. The Hall–Kier alpha value is -3.41. The lowest BCUT2D eigenvalue weighted by Crippen LogP contribution is -2.44. The molecule has 0 spiro atoms. The second-order valence-corrected chi connectivity index (χ2v) is 12.7. The highest BCUT2D eigenvalue weighted by Gasteiger charge is 2.25. The molecule has 1 fully saturated rings. The van der Waals surface area contributed by atoms with Gasteiger partial charge in [0.25, 0.3) is 0 Å². The topological polar surface area (TPSA) is 32.3 Å². The van der Waals surface area contributed by atoms with Gasteiger partial charge in [0.15, 0.2) is 0 Å². The number of aryl methyl sites for hydroxylation is 4. The highest BCUT2D eigenvalue weighted by Crippen LogP contribution is 2.29. The predicted molar refractivity (Wildman–Crippen MR) is 206 cm³/mol. The quantitative estimate of drug-likeness (QED) is 0.162. The van der Waals surface area contributed by atoms with Crippen LogP contribution in [0.5, 0.6) is 0 Å². The molecule has 3 heterocycles.